The Kier molecular flexibility index (Phi) is 6.38. The Hall–Kier alpha value is -3.88. The highest BCUT2D eigenvalue weighted by atomic mass is 35.5. The molecule has 0 radical (unpaired) electrons. The van der Waals surface area contributed by atoms with E-state index in [2.05, 4.69) is 10.3 Å². The summed E-state index contributed by atoms with van der Waals surface area (Å²) in [5.41, 5.74) is 1.17. The Bertz CT molecular complexity index is 1510. The molecule has 0 saturated carbocycles. The third-order valence-electron chi connectivity index (χ3n) is 5.29. The van der Waals surface area contributed by atoms with Crippen molar-refractivity contribution in [3.05, 3.63) is 107 Å². The Morgan fingerprint density at radius 3 is 2.08 bits per heavy atom. The predicted octanol–water partition coefficient (Wildman–Crippen LogP) is 8.66. The number of amides is 1. The van der Waals surface area contributed by atoms with E-state index in [-0.39, 0.29) is 5.76 Å². The number of benzene rings is 3. The zero-order chi connectivity index (χ0) is 25.3. The van der Waals surface area contributed by atoms with Crippen LogP contribution < -0.4 is 5.32 Å². The summed E-state index contributed by atoms with van der Waals surface area (Å²) in [6.45, 7) is 0. The molecule has 0 aliphatic heterocycles. The third-order valence-corrected chi connectivity index (χ3v) is 6.57. The van der Waals surface area contributed by atoms with Crippen LogP contribution in [0.4, 0.5) is 18.2 Å². The number of aromatic nitrogens is 1. The van der Waals surface area contributed by atoms with Crippen LogP contribution in [-0.4, -0.2) is 10.9 Å². The molecule has 5 rings (SSSR count). The van der Waals surface area contributed by atoms with Crippen molar-refractivity contribution in [3.63, 3.8) is 0 Å². The number of nitrogens with one attached hydrogen (secondary N) is 1. The molecule has 0 aliphatic rings. The van der Waals surface area contributed by atoms with Crippen molar-refractivity contribution in [1.29, 1.82) is 0 Å². The number of rotatable bonds is 5. The number of nitrogens with zero attached hydrogens (tertiary/aromatic N) is 1. The van der Waals surface area contributed by atoms with Gasteiger partial charge in [-0.1, -0.05) is 83.6 Å². The highest BCUT2D eigenvalue weighted by Crippen LogP contribution is 2.40. The van der Waals surface area contributed by atoms with Crippen LogP contribution in [0.2, 0.25) is 5.02 Å². The van der Waals surface area contributed by atoms with Crippen LogP contribution in [0.5, 0.6) is 0 Å². The maximum Gasteiger partial charge on any atom is 0.420 e. The number of hydrogen-bond acceptors (Lipinski definition) is 4. The summed E-state index contributed by atoms with van der Waals surface area (Å²) in [6.07, 6.45) is -4.80. The molecule has 5 aromatic rings. The van der Waals surface area contributed by atoms with E-state index in [1.54, 1.807) is 0 Å². The summed E-state index contributed by atoms with van der Waals surface area (Å²) in [5, 5.41) is 3.95. The molecule has 9 heteroatoms. The number of carbonyl (C=O) groups is 1. The lowest BCUT2D eigenvalue weighted by molar-refractivity contribution is -0.138. The van der Waals surface area contributed by atoms with Crippen LogP contribution in [0.15, 0.2) is 95.4 Å². The van der Waals surface area contributed by atoms with Gasteiger partial charge in [-0.05, 0) is 30.3 Å². The second-order valence-corrected chi connectivity index (χ2v) is 9.18. The highest BCUT2D eigenvalue weighted by molar-refractivity contribution is 7.19. The topological polar surface area (TPSA) is 55.1 Å². The van der Waals surface area contributed by atoms with Crippen LogP contribution in [-0.2, 0) is 6.18 Å². The van der Waals surface area contributed by atoms with E-state index in [1.165, 1.54) is 35.6 Å². The van der Waals surface area contributed by atoms with Crippen molar-refractivity contribution in [2.24, 2.45) is 0 Å². The van der Waals surface area contributed by atoms with Gasteiger partial charge in [-0.25, -0.2) is 4.98 Å². The van der Waals surface area contributed by atoms with Crippen molar-refractivity contribution >= 4 is 33.8 Å². The minimum Gasteiger partial charge on any atom is -0.450 e. The molecule has 0 fully saturated rings. The molecule has 0 saturated heterocycles. The van der Waals surface area contributed by atoms with Crippen molar-refractivity contribution in [2.45, 2.75) is 6.18 Å². The number of halogens is 4. The molecule has 2 heterocycles. The van der Waals surface area contributed by atoms with E-state index in [9.17, 15) is 18.0 Å². The standard InChI is InChI=1S/C27H16ClF3N2O2S/c28-19-13-11-16(12-14-19)21-15-20(27(29,30)31)23(35-21)24(34)33-26-22(17-7-3-1-4-8-17)32-25(36-26)18-9-5-2-6-10-18/h1-15H,(H,33,34). The van der Waals surface area contributed by atoms with E-state index in [1.807, 2.05) is 60.7 Å². The Morgan fingerprint density at radius 2 is 1.47 bits per heavy atom. The van der Waals surface area contributed by atoms with Crippen LogP contribution in [0.1, 0.15) is 16.1 Å². The minimum absolute atomic E-state index is 0.0956. The zero-order valence-corrected chi connectivity index (χ0v) is 19.9. The quantitative estimate of drug-likeness (QED) is 0.250. The highest BCUT2D eigenvalue weighted by Gasteiger charge is 2.39. The summed E-state index contributed by atoms with van der Waals surface area (Å²) in [7, 11) is 0. The SMILES string of the molecule is O=C(Nc1sc(-c2ccccc2)nc1-c1ccccc1)c1oc(-c2ccc(Cl)cc2)cc1C(F)(F)F. The van der Waals surface area contributed by atoms with Gasteiger partial charge >= 0.3 is 6.18 Å². The lowest BCUT2D eigenvalue weighted by Crippen LogP contribution is -2.16. The average molecular weight is 525 g/mol. The maximum atomic E-state index is 13.8. The van der Waals surface area contributed by atoms with Crippen molar-refractivity contribution in [3.8, 4) is 33.2 Å². The Balaban J connectivity index is 1.55. The largest absolute Gasteiger partial charge is 0.450 e. The molecule has 180 valence electrons. The molecule has 1 amide bonds. The summed E-state index contributed by atoms with van der Waals surface area (Å²) in [6, 6.07) is 25.3. The molecule has 3 aromatic carbocycles. The lowest BCUT2D eigenvalue weighted by atomic mass is 10.1. The molecule has 4 nitrogen and oxygen atoms in total. The number of thiazole rings is 1. The molecule has 0 bridgehead atoms. The normalized spacial score (nSPS) is 11.4. The second-order valence-electron chi connectivity index (χ2n) is 7.74. The molecule has 0 unspecified atom stereocenters. The first kappa shape index (κ1) is 23.8. The maximum absolute atomic E-state index is 13.8. The van der Waals surface area contributed by atoms with Crippen molar-refractivity contribution in [2.75, 3.05) is 5.32 Å². The van der Waals surface area contributed by atoms with Crippen LogP contribution in [0.3, 0.4) is 0 Å². The van der Waals surface area contributed by atoms with Crippen molar-refractivity contribution < 1.29 is 22.4 Å². The van der Waals surface area contributed by atoms with Gasteiger partial charge < -0.3 is 9.73 Å². The fraction of sp³-hybridized carbons (Fsp3) is 0.0370. The van der Waals surface area contributed by atoms with E-state index in [0.717, 1.165) is 11.6 Å². The predicted molar refractivity (Wildman–Crippen MR) is 135 cm³/mol. The van der Waals surface area contributed by atoms with Gasteiger partial charge in [0.1, 0.15) is 27.0 Å². The average Bonchev–Trinajstić information content (AvgIpc) is 3.51. The Morgan fingerprint density at radius 1 is 0.861 bits per heavy atom. The fourth-order valence-electron chi connectivity index (χ4n) is 3.59. The molecule has 0 atom stereocenters. The van der Waals surface area contributed by atoms with Crippen molar-refractivity contribution in [1.82, 2.24) is 4.98 Å². The number of carbonyl (C=O) groups excluding carboxylic acids is 1. The van der Waals surface area contributed by atoms with E-state index in [4.69, 9.17) is 16.0 Å². The first-order chi connectivity index (χ1) is 17.3. The fourth-order valence-corrected chi connectivity index (χ4v) is 4.70. The number of alkyl halides is 3. The number of anilines is 1. The van der Waals surface area contributed by atoms with Crippen LogP contribution >= 0.6 is 22.9 Å². The minimum atomic E-state index is -4.80. The van der Waals surface area contributed by atoms with Gasteiger partial charge in [-0.15, -0.1) is 0 Å². The van der Waals surface area contributed by atoms with E-state index < -0.39 is 23.4 Å². The van der Waals surface area contributed by atoms with Gasteiger partial charge in [0, 0.05) is 21.7 Å². The van der Waals surface area contributed by atoms with E-state index >= 15 is 0 Å². The molecule has 36 heavy (non-hydrogen) atoms. The monoisotopic (exact) mass is 524 g/mol. The van der Waals surface area contributed by atoms with Gasteiger partial charge in [-0.2, -0.15) is 13.2 Å². The number of furan rings is 1. The van der Waals surface area contributed by atoms with Gasteiger partial charge in [0.2, 0.25) is 5.76 Å². The molecule has 2 aromatic heterocycles. The second kappa shape index (κ2) is 9.64. The molecular weight excluding hydrogens is 509 g/mol. The third kappa shape index (κ3) is 4.91. The van der Waals surface area contributed by atoms with Crippen LogP contribution in [0, 0.1) is 0 Å². The molecule has 1 N–H and O–H groups in total. The van der Waals surface area contributed by atoms with E-state index in [0.29, 0.717) is 31.9 Å². The van der Waals surface area contributed by atoms with Gasteiger partial charge in [-0.3, -0.25) is 4.79 Å². The number of hydrogen-bond donors (Lipinski definition) is 1. The van der Waals surface area contributed by atoms with Gasteiger partial charge in [0.05, 0.1) is 0 Å². The first-order valence-corrected chi connectivity index (χ1v) is 11.9. The van der Waals surface area contributed by atoms with Crippen LogP contribution in [0.25, 0.3) is 33.2 Å². The molecule has 0 spiro atoms. The zero-order valence-electron chi connectivity index (χ0n) is 18.3. The smallest absolute Gasteiger partial charge is 0.420 e. The molecular formula is C27H16ClF3N2O2S. The van der Waals surface area contributed by atoms with Gasteiger partial charge in [0.25, 0.3) is 5.91 Å². The van der Waals surface area contributed by atoms with Gasteiger partial charge in [0.15, 0.2) is 0 Å². The lowest BCUT2D eigenvalue weighted by Gasteiger charge is -2.07. The summed E-state index contributed by atoms with van der Waals surface area (Å²) < 4.78 is 47.0. The summed E-state index contributed by atoms with van der Waals surface area (Å²) >= 11 is 7.05. The molecule has 0 aliphatic carbocycles. The first-order valence-electron chi connectivity index (χ1n) is 10.7. The Labute approximate surface area is 213 Å². The summed E-state index contributed by atoms with van der Waals surface area (Å²) in [5.74, 6) is -1.95. The summed E-state index contributed by atoms with van der Waals surface area (Å²) in [4.78, 5) is 17.8.